The molecule has 19 heavy (non-hydrogen) atoms. The van der Waals surface area contributed by atoms with Crippen LogP contribution in [0.4, 0.5) is 5.69 Å². The molecule has 1 aromatic carbocycles. The second-order valence-corrected chi connectivity index (χ2v) is 5.40. The Morgan fingerprint density at radius 3 is 3.11 bits per heavy atom. The third-order valence-electron chi connectivity index (χ3n) is 3.39. The van der Waals surface area contributed by atoms with Crippen molar-refractivity contribution in [3.05, 3.63) is 28.8 Å². The van der Waals surface area contributed by atoms with E-state index in [1.165, 1.54) is 0 Å². The summed E-state index contributed by atoms with van der Waals surface area (Å²) in [6.45, 7) is 3.62. The summed E-state index contributed by atoms with van der Waals surface area (Å²) in [6, 6.07) is 5.45. The Morgan fingerprint density at radius 1 is 1.58 bits per heavy atom. The van der Waals surface area contributed by atoms with E-state index in [2.05, 4.69) is 5.32 Å². The van der Waals surface area contributed by atoms with Crippen LogP contribution in [-0.2, 0) is 4.79 Å². The fraction of sp³-hybridized carbons (Fsp3) is 0.500. The lowest BCUT2D eigenvalue weighted by atomic mass is 10.1. The Morgan fingerprint density at radius 2 is 2.37 bits per heavy atom. The van der Waals surface area contributed by atoms with Gasteiger partial charge >= 0.3 is 0 Å². The van der Waals surface area contributed by atoms with E-state index >= 15 is 0 Å². The number of carbonyl (C=O) groups is 1. The van der Waals surface area contributed by atoms with E-state index in [4.69, 9.17) is 11.6 Å². The molecule has 0 unspecified atom stereocenters. The summed E-state index contributed by atoms with van der Waals surface area (Å²) in [5.41, 5.74) is 1.62. The molecule has 5 heteroatoms. The number of hydrogen-bond acceptors (Lipinski definition) is 3. The lowest BCUT2D eigenvalue weighted by Crippen LogP contribution is -2.42. The molecule has 1 fully saturated rings. The van der Waals surface area contributed by atoms with Crippen LogP contribution in [0.1, 0.15) is 18.4 Å². The minimum Gasteiger partial charge on any atom is -0.392 e. The van der Waals surface area contributed by atoms with Gasteiger partial charge in [0.15, 0.2) is 0 Å². The zero-order chi connectivity index (χ0) is 13.8. The predicted molar refractivity (Wildman–Crippen MR) is 76.5 cm³/mol. The Hall–Kier alpha value is -1.10. The van der Waals surface area contributed by atoms with Gasteiger partial charge in [0.1, 0.15) is 0 Å². The van der Waals surface area contributed by atoms with Crippen molar-refractivity contribution in [2.24, 2.45) is 0 Å². The summed E-state index contributed by atoms with van der Waals surface area (Å²) < 4.78 is 0. The van der Waals surface area contributed by atoms with E-state index in [1.807, 2.05) is 24.0 Å². The number of anilines is 1. The smallest absolute Gasteiger partial charge is 0.238 e. The van der Waals surface area contributed by atoms with Crippen molar-refractivity contribution in [3.63, 3.8) is 0 Å². The van der Waals surface area contributed by atoms with Gasteiger partial charge in [-0.15, -0.1) is 0 Å². The molecule has 0 aliphatic carbocycles. The number of carbonyl (C=O) groups excluding carboxylic acids is 1. The van der Waals surface area contributed by atoms with Gasteiger partial charge in [0.2, 0.25) is 5.91 Å². The standard InChI is InChI=1S/C14H19ClN2O2/c1-10-12(15)5-2-6-13(10)16-14(19)9-17-7-3-4-11(18)8-17/h2,5-6,11,18H,3-4,7-9H2,1H3,(H,16,19)/t11-/m0/s1. The Balaban J connectivity index is 1.92. The topological polar surface area (TPSA) is 52.6 Å². The summed E-state index contributed by atoms with van der Waals surface area (Å²) in [5, 5.41) is 13.1. The highest BCUT2D eigenvalue weighted by atomic mass is 35.5. The Labute approximate surface area is 118 Å². The van der Waals surface area contributed by atoms with E-state index in [0.29, 0.717) is 18.1 Å². The minimum absolute atomic E-state index is 0.0699. The molecule has 4 nitrogen and oxygen atoms in total. The van der Waals surface area contributed by atoms with Gasteiger partial charge in [0, 0.05) is 17.3 Å². The van der Waals surface area contributed by atoms with Crippen LogP contribution in [-0.4, -0.2) is 41.7 Å². The van der Waals surface area contributed by atoms with Crippen molar-refractivity contribution in [3.8, 4) is 0 Å². The van der Waals surface area contributed by atoms with E-state index < -0.39 is 0 Å². The fourth-order valence-electron chi connectivity index (χ4n) is 2.31. The maximum atomic E-state index is 12.0. The lowest BCUT2D eigenvalue weighted by Gasteiger charge is -2.29. The van der Waals surface area contributed by atoms with Gasteiger partial charge in [-0.3, -0.25) is 9.69 Å². The van der Waals surface area contributed by atoms with Gasteiger partial charge in [-0.1, -0.05) is 17.7 Å². The molecular formula is C14H19ClN2O2. The van der Waals surface area contributed by atoms with Crippen LogP contribution in [0.25, 0.3) is 0 Å². The predicted octanol–water partition coefficient (Wildman–Crippen LogP) is 2.04. The number of hydrogen-bond donors (Lipinski definition) is 2. The lowest BCUT2D eigenvalue weighted by molar-refractivity contribution is -0.118. The molecule has 1 aliphatic heterocycles. The number of β-amino-alcohol motifs (C(OH)–C–C–N with tert-alkyl or cyclic N) is 1. The van der Waals surface area contributed by atoms with E-state index in [1.54, 1.807) is 6.07 Å². The van der Waals surface area contributed by atoms with Crippen molar-refractivity contribution in [2.45, 2.75) is 25.9 Å². The average molecular weight is 283 g/mol. The van der Waals surface area contributed by atoms with E-state index in [-0.39, 0.29) is 12.0 Å². The van der Waals surface area contributed by atoms with Crippen LogP contribution in [0.5, 0.6) is 0 Å². The maximum absolute atomic E-state index is 12.0. The number of likely N-dealkylation sites (tertiary alicyclic amines) is 1. The molecule has 104 valence electrons. The van der Waals surface area contributed by atoms with E-state index in [0.717, 1.165) is 30.6 Å². The molecule has 1 saturated heterocycles. The molecule has 0 spiro atoms. The number of nitrogens with one attached hydrogen (secondary N) is 1. The average Bonchev–Trinajstić information content (AvgIpc) is 2.35. The molecule has 2 N–H and O–H groups in total. The number of rotatable bonds is 3. The number of benzene rings is 1. The van der Waals surface area contributed by atoms with Crippen LogP contribution in [0.15, 0.2) is 18.2 Å². The molecule has 1 atom stereocenters. The molecule has 1 aromatic rings. The number of piperidine rings is 1. The summed E-state index contributed by atoms with van der Waals surface area (Å²) in [7, 11) is 0. The van der Waals surface area contributed by atoms with Crippen molar-refractivity contribution in [1.82, 2.24) is 4.90 Å². The second-order valence-electron chi connectivity index (χ2n) is 4.99. The molecule has 0 aromatic heterocycles. The number of amides is 1. The number of aliphatic hydroxyl groups excluding tert-OH is 1. The molecule has 1 amide bonds. The molecular weight excluding hydrogens is 264 g/mol. The maximum Gasteiger partial charge on any atom is 0.238 e. The number of halogens is 1. The van der Waals surface area contributed by atoms with Gasteiger partial charge in [0.05, 0.1) is 12.6 Å². The summed E-state index contributed by atoms with van der Waals surface area (Å²) >= 11 is 6.01. The molecule has 1 heterocycles. The second kappa shape index (κ2) is 6.37. The molecule has 0 bridgehead atoms. The number of nitrogens with zero attached hydrogens (tertiary/aromatic N) is 1. The Bertz CT molecular complexity index is 465. The monoisotopic (exact) mass is 282 g/mol. The van der Waals surface area contributed by atoms with Crippen LogP contribution < -0.4 is 5.32 Å². The van der Waals surface area contributed by atoms with Gasteiger partial charge in [-0.25, -0.2) is 0 Å². The zero-order valence-corrected chi connectivity index (χ0v) is 11.8. The number of aliphatic hydroxyl groups is 1. The first-order valence-corrected chi connectivity index (χ1v) is 6.89. The molecule has 0 saturated carbocycles. The summed E-state index contributed by atoms with van der Waals surface area (Å²) in [4.78, 5) is 13.9. The third-order valence-corrected chi connectivity index (χ3v) is 3.80. The van der Waals surface area contributed by atoms with Crippen LogP contribution >= 0.6 is 11.6 Å². The first-order valence-electron chi connectivity index (χ1n) is 6.51. The molecule has 1 aliphatic rings. The van der Waals surface area contributed by atoms with Gasteiger partial charge in [-0.2, -0.15) is 0 Å². The first-order chi connectivity index (χ1) is 9.06. The largest absolute Gasteiger partial charge is 0.392 e. The highest BCUT2D eigenvalue weighted by Gasteiger charge is 2.19. The van der Waals surface area contributed by atoms with Gasteiger partial charge < -0.3 is 10.4 Å². The molecule has 0 radical (unpaired) electrons. The SMILES string of the molecule is Cc1c(Cl)cccc1NC(=O)CN1CCC[C@H](O)C1. The molecule has 2 rings (SSSR count). The van der Waals surface area contributed by atoms with Crippen molar-refractivity contribution < 1.29 is 9.90 Å². The van der Waals surface area contributed by atoms with E-state index in [9.17, 15) is 9.90 Å². The normalized spacial score (nSPS) is 20.3. The van der Waals surface area contributed by atoms with Crippen molar-refractivity contribution >= 4 is 23.2 Å². The summed E-state index contributed by atoms with van der Waals surface area (Å²) in [5.74, 6) is -0.0699. The fourth-order valence-corrected chi connectivity index (χ4v) is 2.48. The highest BCUT2D eigenvalue weighted by molar-refractivity contribution is 6.31. The van der Waals surface area contributed by atoms with Crippen molar-refractivity contribution in [2.75, 3.05) is 25.0 Å². The van der Waals surface area contributed by atoms with Crippen LogP contribution in [0.2, 0.25) is 5.02 Å². The van der Waals surface area contributed by atoms with Crippen LogP contribution in [0.3, 0.4) is 0 Å². The first kappa shape index (κ1) is 14.3. The summed E-state index contributed by atoms with van der Waals surface area (Å²) in [6.07, 6.45) is 1.45. The van der Waals surface area contributed by atoms with Crippen molar-refractivity contribution in [1.29, 1.82) is 0 Å². The minimum atomic E-state index is -0.311. The zero-order valence-electron chi connectivity index (χ0n) is 11.0. The highest BCUT2D eigenvalue weighted by Crippen LogP contribution is 2.22. The third kappa shape index (κ3) is 3.93. The quantitative estimate of drug-likeness (QED) is 0.892. The van der Waals surface area contributed by atoms with Crippen LogP contribution in [0, 0.1) is 6.92 Å². The Kier molecular flexibility index (Phi) is 4.80. The van der Waals surface area contributed by atoms with Gasteiger partial charge in [-0.05, 0) is 44.0 Å². The van der Waals surface area contributed by atoms with Gasteiger partial charge in [0.25, 0.3) is 0 Å².